The van der Waals surface area contributed by atoms with Crippen molar-refractivity contribution in [2.24, 2.45) is 0 Å². The number of carbonyl (C=O) groups excluding carboxylic acids is 1. The van der Waals surface area contributed by atoms with Crippen LogP contribution in [0.25, 0.3) is 0 Å². The molecule has 33 heavy (non-hydrogen) atoms. The van der Waals surface area contributed by atoms with Crippen molar-refractivity contribution in [3.63, 3.8) is 0 Å². The number of nitrogens with zero attached hydrogens (tertiary/aromatic N) is 2. The number of aryl methyl sites for hydroxylation is 3. The third kappa shape index (κ3) is 7.55. The molecule has 0 radical (unpaired) electrons. The normalized spacial score (nSPS) is 14.9. The van der Waals surface area contributed by atoms with E-state index in [0.717, 1.165) is 50.3 Å². The summed E-state index contributed by atoms with van der Waals surface area (Å²) in [6, 6.07) is 13.7. The summed E-state index contributed by atoms with van der Waals surface area (Å²) in [5, 5.41) is 2.89. The van der Waals surface area contributed by atoms with E-state index in [1.807, 2.05) is 13.8 Å². The molecule has 1 amide bonds. The molecule has 0 bridgehead atoms. The highest BCUT2D eigenvalue weighted by molar-refractivity contribution is 7.89. The first-order valence-corrected chi connectivity index (χ1v) is 13.1. The molecule has 1 fully saturated rings. The van der Waals surface area contributed by atoms with Gasteiger partial charge in [0.2, 0.25) is 15.9 Å². The number of carbonyl (C=O) groups is 1. The second-order valence-electron chi connectivity index (χ2n) is 8.77. The maximum absolute atomic E-state index is 12.4. The van der Waals surface area contributed by atoms with Gasteiger partial charge in [-0.1, -0.05) is 18.2 Å². The quantitative estimate of drug-likeness (QED) is 0.520. The number of hydrogen-bond donors (Lipinski definition) is 2. The van der Waals surface area contributed by atoms with Gasteiger partial charge in [0.15, 0.2) is 0 Å². The van der Waals surface area contributed by atoms with Gasteiger partial charge in [0.1, 0.15) is 0 Å². The maximum atomic E-state index is 12.4. The molecule has 1 saturated heterocycles. The van der Waals surface area contributed by atoms with Crippen LogP contribution in [0.4, 0.5) is 5.69 Å². The standard InChI is InChI=1S/C25H36N4O3S/c1-20-6-4-7-23(18-20)29-16-14-28(15-17-29)13-5-11-26-25(30)10-12-27-33(31,32)24-9-8-21(2)22(3)19-24/h4,6-9,18-19,27H,5,10-17H2,1-3H3,(H,26,30). The number of benzene rings is 2. The molecule has 0 atom stereocenters. The lowest BCUT2D eigenvalue weighted by Gasteiger charge is -2.36. The van der Waals surface area contributed by atoms with Gasteiger partial charge in [-0.2, -0.15) is 0 Å². The molecule has 0 aliphatic carbocycles. The largest absolute Gasteiger partial charge is 0.369 e. The molecule has 180 valence electrons. The molecule has 3 rings (SSSR count). The van der Waals surface area contributed by atoms with E-state index in [0.29, 0.717) is 6.54 Å². The summed E-state index contributed by atoms with van der Waals surface area (Å²) >= 11 is 0. The molecule has 1 aliphatic rings. The SMILES string of the molecule is Cc1cccc(N2CCN(CCCNC(=O)CCNS(=O)(=O)c3ccc(C)c(C)c3)CC2)c1. The van der Waals surface area contributed by atoms with Crippen LogP contribution < -0.4 is 14.9 Å². The van der Waals surface area contributed by atoms with Crippen LogP contribution in [-0.2, 0) is 14.8 Å². The third-order valence-corrected chi connectivity index (χ3v) is 7.60. The highest BCUT2D eigenvalue weighted by Crippen LogP contribution is 2.18. The highest BCUT2D eigenvalue weighted by Gasteiger charge is 2.17. The number of rotatable bonds is 10. The molecular weight excluding hydrogens is 436 g/mol. The fourth-order valence-electron chi connectivity index (χ4n) is 3.94. The average Bonchev–Trinajstić information content (AvgIpc) is 2.79. The summed E-state index contributed by atoms with van der Waals surface area (Å²) < 4.78 is 27.3. The summed E-state index contributed by atoms with van der Waals surface area (Å²) in [6.07, 6.45) is 1.00. The lowest BCUT2D eigenvalue weighted by atomic mass is 10.1. The lowest BCUT2D eigenvalue weighted by Crippen LogP contribution is -2.47. The van der Waals surface area contributed by atoms with E-state index in [-0.39, 0.29) is 23.8 Å². The molecule has 1 heterocycles. The van der Waals surface area contributed by atoms with Crippen molar-refractivity contribution in [1.29, 1.82) is 0 Å². The Labute approximate surface area is 198 Å². The Morgan fingerprint density at radius 3 is 2.39 bits per heavy atom. The first-order valence-electron chi connectivity index (χ1n) is 11.6. The van der Waals surface area contributed by atoms with Crippen LogP contribution in [0, 0.1) is 20.8 Å². The summed E-state index contributed by atoms with van der Waals surface area (Å²) in [5.41, 5.74) is 4.53. The van der Waals surface area contributed by atoms with Crippen LogP contribution in [0.1, 0.15) is 29.5 Å². The second kappa shape index (κ2) is 11.6. The molecule has 0 aromatic heterocycles. The zero-order valence-corrected chi connectivity index (χ0v) is 20.7. The predicted molar refractivity (Wildman–Crippen MR) is 133 cm³/mol. The van der Waals surface area contributed by atoms with E-state index >= 15 is 0 Å². The Morgan fingerprint density at radius 1 is 0.939 bits per heavy atom. The van der Waals surface area contributed by atoms with Gasteiger partial charge in [-0.15, -0.1) is 0 Å². The average molecular weight is 473 g/mol. The van der Waals surface area contributed by atoms with Crippen molar-refractivity contribution in [1.82, 2.24) is 14.9 Å². The smallest absolute Gasteiger partial charge is 0.240 e. The number of sulfonamides is 1. The van der Waals surface area contributed by atoms with Crippen molar-refractivity contribution in [3.8, 4) is 0 Å². The van der Waals surface area contributed by atoms with Gasteiger partial charge >= 0.3 is 0 Å². The van der Waals surface area contributed by atoms with Gasteiger partial charge in [-0.05, 0) is 74.7 Å². The second-order valence-corrected chi connectivity index (χ2v) is 10.5. The molecule has 0 spiro atoms. The van der Waals surface area contributed by atoms with Gasteiger partial charge < -0.3 is 10.2 Å². The minimum absolute atomic E-state index is 0.0853. The minimum atomic E-state index is -3.60. The summed E-state index contributed by atoms with van der Waals surface area (Å²) in [4.78, 5) is 17.2. The Bertz CT molecular complexity index is 1050. The summed E-state index contributed by atoms with van der Waals surface area (Å²) in [6.45, 7) is 11.6. The topological polar surface area (TPSA) is 81.8 Å². The van der Waals surface area contributed by atoms with Gasteiger partial charge in [0.05, 0.1) is 4.90 Å². The Hall–Kier alpha value is -2.42. The molecule has 1 aliphatic heterocycles. The number of anilines is 1. The van der Waals surface area contributed by atoms with Crippen LogP contribution in [0.5, 0.6) is 0 Å². The predicted octanol–water partition coefficient (Wildman–Crippen LogP) is 2.61. The molecule has 8 heteroatoms. The summed E-state index contributed by atoms with van der Waals surface area (Å²) in [7, 11) is -3.60. The molecule has 0 saturated carbocycles. The van der Waals surface area contributed by atoms with Crippen LogP contribution >= 0.6 is 0 Å². The van der Waals surface area contributed by atoms with Gasteiger partial charge in [-0.3, -0.25) is 9.69 Å². The van der Waals surface area contributed by atoms with Crippen LogP contribution in [0.2, 0.25) is 0 Å². The van der Waals surface area contributed by atoms with Crippen LogP contribution in [-0.4, -0.2) is 65.0 Å². The Balaban J connectivity index is 1.29. The Kier molecular flexibility index (Phi) is 8.88. The van der Waals surface area contributed by atoms with E-state index in [1.165, 1.54) is 11.3 Å². The molecule has 2 aromatic rings. The number of amides is 1. The number of piperazine rings is 1. The van der Waals surface area contributed by atoms with Crippen molar-refractivity contribution < 1.29 is 13.2 Å². The van der Waals surface area contributed by atoms with E-state index in [4.69, 9.17) is 0 Å². The van der Waals surface area contributed by atoms with Gasteiger partial charge in [-0.25, -0.2) is 13.1 Å². The number of nitrogens with one attached hydrogen (secondary N) is 2. The fraction of sp³-hybridized carbons (Fsp3) is 0.480. The van der Waals surface area contributed by atoms with E-state index < -0.39 is 10.0 Å². The third-order valence-electron chi connectivity index (χ3n) is 6.15. The van der Waals surface area contributed by atoms with E-state index in [2.05, 4.69) is 51.0 Å². The Morgan fingerprint density at radius 2 is 1.70 bits per heavy atom. The number of hydrogen-bond acceptors (Lipinski definition) is 5. The van der Waals surface area contributed by atoms with Gasteiger partial charge in [0, 0.05) is 51.4 Å². The fourth-order valence-corrected chi connectivity index (χ4v) is 5.05. The van der Waals surface area contributed by atoms with Crippen molar-refractivity contribution in [2.75, 3.05) is 50.7 Å². The first-order chi connectivity index (χ1) is 15.7. The summed E-state index contributed by atoms with van der Waals surface area (Å²) in [5.74, 6) is -0.137. The molecule has 7 nitrogen and oxygen atoms in total. The first kappa shape index (κ1) is 25.2. The zero-order valence-electron chi connectivity index (χ0n) is 19.9. The molecule has 2 N–H and O–H groups in total. The van der Waals surface area contributed by atoms with Crippen molar-refractivity contribution in [2.45, 2.75) is 38.5 Å². The van der Waals surface area contributed by atoms with Crippen molar-refractivity contribution in [3.05, 3.63) is 59.2 Å². The highest BCUT2D eigenvalue weighted by atomic mass is 32.2. The van der Waals surface area contributed by atoms with Crippen molar-refractivity contribution >= 4 is 21.6 Å². The zero-order chi connectivity index (χ0) is 23.8. The molecular formula is C25H36N4O3S. The molecule has 2 aromatic carbocycles. The monoisotopic (exact) mass is 472 g/mol. The van der Waals surface area contributed by atoms with Gasteiger partial charge in [0.25, 0.3) is 0 Å². The molecule has 0 unspecified atom stereocenters. The maximum Gasteiger partial charge on any atom is 0.240 e. The van der Waals surface area contributed by atoms with E-state index in [9.17, 15) is 13.2 Å². The minimum Gasteiger partial charge on any atom is -0.369 e. The van der Waals surface area contributed by atoms with Crippen LogP contribution in [0.3, 0.4) is 0 Å². The lowest BCUT2D eigenvalue weighted by molar-refractivity contribution is -0.120. The van der Waals surface area contributed by atoms with E-state index in [1.54, 1.807) is 18.2 Å². The van der Waals surface area contributed by atoms with Crippen LogP contribution in [0.15, 0.2) is 47.4 Å².